The lowest BCUT2D eigenvalue weighted by Crippen LogP contribution is -2.34. The number of carbonyl (C=O) groups excluding carboxylic acids is 1. The Morgan fingerprint density at radius 3 is 2.55 bits per heavy atom. The van der Waals surface area contributed by atoms with Crippen molar-refractivity contribution in [1.29, 1.82) is 0 Å². The van der Waals surface area contributed by atoms with E-state index in [0.717, 1.165) is 34.3 Å². The van der Waals surface area contributed by atoms with Crippen molar-refractivity contribution in [3.63, 3.8) is 0 Å². The molecule has 0 aliphatic rings. The molecule has 31 heavy (non-hydrogen) atoms. The average molecular weight is 476 g/mol. The Bertz CT molecular complexity index is 1230. The first-order valence-electron chi connectivity index (χ1n) is 9.68. The van der Waals surface area contributed by atoms with Crippen LogP contribution in [-0.4, -0.2) is 52.9 Å². The number of fused-ring (bicyclic) bond motifs is 2. The predicted molar refractivity (Wildman–Crippen MR) is 131 cm³/mol. The van der Waals surface area contributed by atoms with E-state index in [4.69, 9.17) is 16.6 Å². The molecule has 0 atom stereocenters. The lowest BCUT2D eigenvalue weighted by molar-refractivity contribution is 0.0981. The molecule has 0 aliphatic carbocycles. The number of carbonyl (C=O) groups is 1. The number of hydrogen-bond donors (Lipinski definition) is 0. The minimum absolute atomic E-state index is 0. The van der Waals surface area contributed by atoms with Crippen LogP contribution >= 0.6 is 35.3 Å². The molecular weight excluding hydrogens is 453 g/mol. The van der Waals surface area contributed by atoms with Crippen LogP contribution in [0.1, 0.15) is 22.5 Å². The Balaban J connectivity index is 0.00000272. The average Bonchev–Trinajstić information content (AvgIpc) is 3.17. The van der Waals surface area contributed by atoms with Gasteiger partial charge in [0.2, 0.25) is 0 Å². The lowest BCUT2D eigenvalue weighted by atomic mass is 10.2. The summed E-state index contributed by atoms with van der Waals surface area (Å²) in [5, 5.41) is 1.32. The number of anilines is 1. The number of aryl methyl sites for hydroxylation is 1. The van der Waals surface area contributed by atoms with Gasteiger partial charge in [-0.15, -0.1) is 12.4 Å². The van der Waals surface area contributed by atoms with E-state index >= 15 is 0 Å². The van der Waals surface area contributed by atoms with E-state index in [2.05, 4.69) is 14.9 Å². The molecule has 0 aliphatic heterocycles. The van der Waals surface area contributed by atoms with Crippen molar-refractivity contribution in [2.45, 2.75) is 13.3 Å². The fourth-order valence-electron chi connectivity index (χ4n) is 3.23. The molecule has 6 nitrogen and oxygen atoms in total. The molecule has 0 bridgehead atoms. The van der Waals surface area contributed by atoms with Crippen molar-refractivity contribution in [2.75, 3.05) is 32.1 Å². The molecular formula is C22H23Cl2N5OS. The summed E-state index contributed by atoms with van der Waals surface area (Å²) in [4.78, 5) is 31.0. The summed E-state index contributed by atoms with van der Waals surface area (Å²) in [5.41, 5.74) is 3.52. The van der Waals surface area contributed by atoms with E-state index in [0.29, 0.717) is 27.9 Å². The fraction of sp³-hybridized carbons (Fsp3) is 0.273. The summed E-state index contributed by atoms with van der Waals surface area (Å²) in [6.45, 7) is 3.35. The molecule has 4 rings (SSSR count). The van der Waals surface area contributed by atoms with E-state index < -0.39 is 0 Å². The van der Waals surface area contributed by atoms with Gasteiger partial charge < -0.3 is 4.90 Å². The maximum Gasteiger partial charge on any atom is 0.280 e. The van der Waals surface area contributed by atoms with Gasteiger partial charge in [-0.3, -0.25) is 14.7 Å². The molecule has 0 spiro atoms. The van der Waals surface area contributed by atoms with E-state index in [1.807, 2.05) is 57.4 Å². The fourth-order valence-corrected chi connectivity index (χ4v) is 4.43. The van der Waals surface area contributed by atoms with Gasteiger partial charge in [-0.05, 0) is 63.8 Å². The molecule has 2 aromatic carbocycles. The molecule has 162 valence electrons. The number of aromatic nitrogens is 3. The van der Waals surface area contributed by atoms with Crippen molar-refractivity contribution in [1.82, 2.24) is 19.9 Å². The Kier molecular flexibility index (Phi) is 7.43. The molecule has 2 heterocycles. The molecule has 0 N–H and O–H groups in total. The van der Waals surface area contributed by atoms with E-state index in [1.54, 1.807) is 11.1 Å². The predicted octanol–water partition coefficient (Wildman–Crippen LogP) is 5.22. The Labute approximate surface area is 196 Å². The zero-order valence-corrected chi connectivity index (χ0v) is 19.9. The van der Waals surface area contributed by atoms with Gasteiger partial charge in [0.15, 0.2) is 5.13 Å². The SMILES string of the molecule is Cc1c(Cl)ccc2sc(N(CCCN(C)C)C(=O)c3cnc4ccccc4n3)nc12.Cl. The van der Waals surface area contributed by atoms with Gasteiger partial charge in [0.25, 0.3) is 5.91 Å². The van der Waals surface area contributed by atoms with E-state index in [1.165, 1.54) is 11.3 Å². The van der Waals surface area contributed by atoms with Crippen molar-refractivity contribution in [2.24, 2.45) is 0 Å². The van der Waals surface area contributed by atoms with Gasteiger partial charge in [0, 0.05) is 11.6 Å². The van der Waals surface area contributed by atoms with Gasteiger partial charge in [-0.25, -0.2) is 9.97 Å². The van der Waals surface area contributed by atoms with E-state index in [9.17, 15) is 4.79 Å². The summed E-state index contributed by atoms with van der Waals surface area (Å²) in [5.74, 6) is -0.199. The normalized spacial score (nSPS) is 11.1. The Morgan fingerprint density at radius 1 is 1.06 bits per heavy atom. The zero-order chi connectivity index (χ0) is 21.3. The van der Waals surface area contributed by atoms with Gasteiger partial charge in [-0.1, -0.05) is 35.1 Å². The third kappa shape index (κ3) is 4.96. The number of hydrogen-bond acceptors (Lipinski definition) is 6. The van der Waals surface area contributed by atoms with Crippen LogP contribution in [0.5, 0.6) is 0 Å². The van der Waals surface area contributed by atoms with E-state index in [-0.39, 0.29) is 18.3 Å². The third-order valence-corrected chi connectivity index (χ3v) is 6.32. The highest BCUT2D eigenvalue weighted by atomic mass is 35.5. The molecule has 9 heteroatoms. The first-order chi connectivity index (χ1) is 14.4. The van der Waals surface area contributed by atoms with Crippen LogP contribution < -0.4 is 4.90 Å². The first kappa shape index (κ1) is 23.3. The van der Waals surface area contributed by atoms with Crippen LogP contribution in [-0.2, 0) is 0 Å². The van der Waals surface area contributed by atoms with Crippen LogP contribution in [0.2, 0.25) is 5.02 Å². The molecule has 0 unspecified atom stereocenters. The highest BCUT2D eigenvalue weighted by molar-refractivity contribution is 7.22. The first-order valence-corrected chi connectivity index (χ1v) is 10.9. The van der Waals surface area contributed by atoms with Crippen molar-refractivity contribution >= 4 is 67.6 Å². The molecule has 2 aromatic heterocycles. The molecule has 4 aromatic rings. The van der Waals surface area contributed by atoms with Crippen LogP contribution in [0, 0.1) is 6.92 Å². The number of halogens is 2. The summed E-state index contributed by atoms with van der Waals surface area (Å²) >= 11 is 7.76. The monoisotopic (exact) mass is 475 g/mol. The van der Waals surface area contributed by atoms with Gasteiger partial charge in [0.05, 0.1) is 27.4 Å². The van der Waals surface area contributed by atoms with Gasteiger partial charge in [0.1, 0.15) is 5.69 Å². The highest BCUT2D eigenvalue weighted by Crippen LogP contribution is 2.34. The van der Waals surface area contributed by atoms with Crippen LogP contribution in [0.4, 0.5) is 5.13 Å². The number of nitrogens with zero attached hydrogens (tertiary/aromatic N) is 5. The number of thiazole rings is 1. The van der Waals surface area contributed by atoms with Crippen LogP contribution in [0.3, 0.4) is 0 Å². The molecule has 0 radical (unpaired) electrons. The second-order valence-electron chi connectivity index (χ2n) is 7.37. The zero-order valence-electron chi connectivity index (χ0n) is 17.5. The maximum atomic E-state index is 13.4. The second kappa shape index (κ2) is 9.87. The third-order valence-electron chi connectivity index (χ3n) is 4.87. The lowest BCUT2D eigenvalue weighted by Gasteiger charge is -2.20. The van der Waals surface area contributed by atoms with Gasteiger partial charge in [-0.2, -0.15) is 0 Å². The molecule has 0 fully saturated rings. The van der Waals surface area contributed by atoms with Crippen molar-refractivity contribution < 1.29 is 4.79 Å². The number of amides is 1. The summed E-state index contributed by atoms with van der Waals surface area (Å²) in [6, 6.07) is 11.4. The Hall–Kier alpha value is -2.32. The van der Waals surface area contributed by atoms with Gasteiger partial charge >= 0.3 is 0 Å². The number of benzene rings is 2. The Morgan fingerprint density at radius 2 is 1.81 bits per heavy atom. The minimum atomic E-state index is -0.199. The molecule has 0 saturated carbocycles. The molecule has 0 saturated heterocycles. The summed E-state index contributed by atoms with van der Waals surface area (Å²) in [6.07, 6.45) is 2.36. The quantitative estimate of drug-likeness (QED) is 0.382. The number of para-hydroxylation sites is 2. The smallest absolute Gasteiger partial charge is 0.280 e. The number of rotatable bonds is 6. The molecule has 1 amide bonds. The van der Waals surface area contributed by atoms with Crippen molar-refractivity contribution in [3.8, 4) is 0 Å². The summed E-state index contributed by atoms with van der Waals surface area (Å²) < 4.78 is 1.00. The second-order valence-corrected chi connectivity index (χ2v) is 8.79. The topological polar surface area (TPSA) is 62.2 Å². The van der Waals surface area contributed by atoms with Crippen LogP contribution in [0.25, 0.3) is 21.3 Å². The maximum absolute atomic E-state index is 13.4. The summed E-state index contributed by atoms with van der Waals surface area (Å²) in [7, 11) is 4.04. The highest BCUT2D eigenvalue weighted by Gasteiger charge is 2.23. The van der Waals surface area contributed by atoms with Crippen LogP contribution in [0.15, 0.2) is 42.6 Å². The minimum Gasteiger partial charge on any atom is -0.309 e. The standard InChI is InChI=1S/C22H22ClN5OS.ClH/c1-14-15(23)9-10-19-20(14)26-22(30-19)28(12-6-11-27(2)3)21(29)18-13-24-16-7-4-5-8-17(16)25-18;/h4-5,7-10,13H,6,11-12H2,1-3H3;1H. The largest absolute Gasteiger partial charge is 0.309 e. The van der Waals surface area contributed by atoms with Crippen molar-refractivity contribution in [3.05, 3.63) is 58.9 Å².